The molecule has 1 atom stereocenters. The Balaban J connectivity index is 2.11. The number of halogens is 1. The number of amides is 1. The van der Waals surface area contributed by atoms with Gasteiger partial charge in [-0.15, -0.1) is 0 Å². The molecule has 0 bridgehead atoms. The van der Waals surface area contributed by atoms with Crippen LogP contribution in [-0.4, -0.2) is 35.5 Å². The molecule has 0 saturated carbocycles. The lowest BCUT2D eigenvalue weighted by atomic mass is 9.89. The number of Topliss-reactive ketones (excluding diaryl/α,β-unsaturated/α-hetero) is 1. The third-order valence-electron chi connectivity index (χ3n) is 3.34. The summed E-state index contributed by atoms with van der Waals surface area (Å²) in [6.45, 7) is 6.05. The van der Waals surface area contributed by atoms with Crippen LogP contribution in [0.3, 0.4) is 0 Å². The van der Waals surface area contributed by atoms with E-state index in [0.717, 1.165) is 5.56 Å². The number of carbonyl (C=O) groups excluding carboxylic acids is 2. The first kappa shape index (κ1) is 15.5. The monoisotopic (exact) mass is 293 g/mol. The number of hydrogen-bond donors (Lipinski definition) is 0. The van der Waals surface area contributed by atoms with Crippen molar-refractivity contribution in [2.45, 2.75) is 38.7 Å². The largest absolute Gasteiger partial charge is 0.444 e. The highest BCUT2D eigenvalue weighted by molar-refractivity contribution is 5.88. The van der Waals surface area contributed by atoms with Gasteiger partial charge in [-0.3, -0.25) is 4.79 Å². The van der Waals surface area contributed by atoms with Crippen LogP contribution in [-0.2, 0) is 9.53 Å². The summed E-state index contributed by atoms with van der Waals surface area (Å²) in [5, 5.41) is 0. The summed E-state index contributed by atoms with van der Waals surface area (Å²) >= 11 is 0. The van der Waals surface area contributed by atoms with E-state index in [2.05, 4.69) is 0 Å². The number of nitrogens with zero attached hydrogens (tertiary/aromatic N) is 1. The molecule has 21 heavy (non-hydrogen) atoms. The van der Waals surface area contributed by atoms with E-state index in [4.69, 9.17) is 4.74 Å². The van der Waals surface area contributed by atoms with Gasteiger partial charge in [0, 0.05) is 19.5 Å². The molecule has 4 nitrogen and oxygen atoms in total. The first-order valence-electron chi connectivity index (χ1n) is 7.02. The van der Waals surface area contributed by atoms with Gasteiger partial charge in [-0.25, -0.2) is 9.18 Å². The fourth-order valence-electron chi connectivity index (χ4n) is 2.31. The van der Waals surface area contributed by atoms with Crippen molar-refractivity contribution in [2.75, 3.05) is 13.1 Å². The maximum Gasteiger partial charge on any atom is 0.410 e. The Labute approximate surface area is 123 Å². The summed E-state index contributed by atoms with van der Waals surface area (Å²) in [7, 11) is 0. The molecule has 2 rings (SSSR count). The third-order valence-corrected chi connectivity index (χ3v) is 3.34. The predicted molar refractivity (Wildman–Crippen MR) is 76.6 cm³/mol. The summed E-state index contributed by atoms with van der Waals surface area (Å²) in [4.78, 5) is 25.7. The van der Waals surface area contributed by atoms with E-state index in [1.807, 2.05) is 0 Å². The molecule has 0 radical (unpaired) electrons. The van der Waals surface area contributed by atoms with Crippen LogP contribution in [0.5, 0.6) is 0 Å². The van der Waals surface area contributed by atoms with Gasteiger partial charge in [-0.05, 0) is 38.5 Å². The molecular formula is C16H20FNO3. The number of likely N-dealkylation sites (tertiary alicyclic amines) is 1. The average molecular weight is 293 g/mol. The Morgan fingerprint density at radius 2 is 1.90 bits per heavy atom. The maximum absolute atomic E-state index is 13.0. The highest BCUT2D eigenvalue weighted by Gasteiger charge is 2.33. The minimum absolute atomic E-state index is 0.0708. The number of carbonyl (C=O) groups is 2. The Hall–Kier alpha value is -1.91. The van der Waals surface area contributed by atoms with Gasteiger partial charge < -0.3 is 9.64 Å². The number of ketones is 1. The van der Waals surface area contributed by atoms with Crippen molar-refractivity contribution < 1.29 is 18.7 Å². The van der Waals surface area contributed by atoms with Crippen LogP contribution in [0.1, 0.15) is 38.7 Å². The van der Waals surface area contributed by atoms with Crippen LogP contribution in [0.25, 0.3) is 0 Å². The second kappa shape index (κ2) is 5.84. The Kier molecular flexibility index (Phi) is 4.30. The van der Waals surface area contributed by atoms with Crippen molar-refractivity contribution >= 4 is 11.9 Å². The van der Waals surface area contributed by atoms with Crippen LogP contribution in [0.2, 0.25) is 0 Å². The van der Waals surface area contributed by atoms with Crippen molar-refractivity contribution in [1.29, 1.82) is 0 Å². The molecule has 0 spiro atoms. The molecule has 0 aliphatic carbocycles. The summed E-state index contributed by atoms with van der Waals surface area (Å²) in [6.07, 6.45) is -0.122. The summed E-state index contributed by atoms with van der Waals surface area (Å²) < 4.78 is 18.3. The van der Waals surface area contributed by atoms with Crippen LogP contribution >= 0.6 is 0 Å². The van der Waals surface area contributed by atoms with Crippen LogP contribution in [0, 0.1) is 5.82 Å². The molecule has 0 aromatic heterocycles. The number of piperidine rings is 1. The van der Waals surface area contributed by atoms with Gasteiger partial charge in [-0.2, -0.15) is 0 Å². The van der Waals surface area contributed by atoms with Crippen molar-refractivity contribution in [3.8, 4) is 0 Å². The first-order chi connectivity index (χ1) is 9.76. The Morgan fingerprint density at radius 1 is 1.29 bits per heavy atom. The molecule has 1 amide bonds. The highest BCUT2D eigenvalue weighted by Crippen LogP contribution is 2.25. The van der Waals surface area contributed by atoms with Gasteiger partial charge >= 0.3 is 6.09 Å². The molecule has 1 aliphatic heterocycles. The maximum atomic E-state index is 13.0. The number of benzene rings is 1. The van der Waals surface area contributed by atoms with E-state index in [9.17, 15) is 14.0 Å². The van der Waals surface area contributed by atoms with Gasteiger partial charge in [0.2, 0.25) is 0 Å². The van der Waals surface area contributed by atoms with Gasteiger partial charge in [0.25, 0.3) is 0 Å². The zero-order valence-electron chi connectivity index (χ0n) is 12.6. The minimum Gasteiger partial charge on any atom is -0.444 e. The molecule has 0 N–H and O–H groups in total. The molecule has 1 heterocycles. The third kappa shape index (κ3) is 4.03. The van der Waals surface area contributed by atoms with Gasteiger partial charge in [-0.1, -0.05) is 12.1 Å². The average Bonchev–Trinajstić information content (AvgIpc) is 2.38. The Morgan fingerprint density at radius 3 is 2.48 bits per heavy atom. The lowest BCUT2D eigenvalue weighted by Crippen LogP contribution is -2.45. The molecule has 0 unspecified atom stereocenters. The molecular weight excluding hydrogens is 273 g/mol. The molecule has 5 heteroatoms. The standard InChI is InChI=1S/C16H20FNO3/c1-16(2,3)21-15(20)18-9-8-14(19)13(10-18)11-4-6-12(17)7-5-11/h4-7,13H,8-10H2,1-3H3/t13-/m0/s1. The van der Waals surface area contributed by atoms with E-state index >= 15 is 0 Å². The Bertz CT molecular complexity index is 533. The molecule has 1 saturated heterocycles. The van der Waals surface area contributed by atoms with Crippen molar-refractivity contribution in [2.24, 2.45) is 0 Å². The quantitative estimate of drug-likeness (QED) is 0.799. The topological polar surface area (TPSA) is 46.6 Å². The lowest BCUT2D eigenvalue weighted by molar-refractivity contribution is -0.123. The van der Waals surface area contributed by atoms with Crippen LogP contribution in [0.4, 0.5) is 9.18 Å². The molecule has 1 aromatic carbocycles. The zero-order chi connectivity index (χ0) is 15.6. The van der Waals surface area contributed by atoms with E-state index < -0.39 is 17.6 Å². The lowest BCUT2D eigenvalue weighted by Gasteiger charge is -2.33. The van der Waals surface area contributed by atoms with E-state index in [1.54, 1.807) is 37.8 Å². The summed E-state index contributed by atoms with van der Waals surface area (Å²) in [5.74, 6) is -0.681. The zero-order valence-corrected chi connectivity index (χ0v) is 12.6. The second-order valence-electron chi connectivity index (χ2n) is 6.25. The normalized spacial score (nSPS) is 19.5. The van der Waals surface area contributed by atoms with Gasteiger partial charge in [0.1, 0.15) is 17.2 Å². The van der Waals surface area contributed by atoms with Crippen molar-refractivity contribution in [1.82, 2.24) is 4.90 Å². The SMILES string of the molecule is CC(C)(C)OC(=O)N1CCC(=O)[C@H](c2ccc(F)cc2)C1. The number of hydrogen-bond acceptors (Lipinski definition) is 3. The summed E-state index contributed by atoms with van der Waals surface area (Å²) in [5.41, 5.74) is 0.166. The molecule has 114 valence electrons. The van der Waals surface area contributed by atoms with Crippen molar-refractivity contribution in [3.05, 3.63) is 35.6 Å². The highest BCUT2D eigenvalue weighted by atomic mass is 19.1. The second-order valence-corrected chi connectivity index (χ2v) is 6.25. The van der Waals surface area contributed by atoms with E-state index in [1.165, 1.54) is 12.1 Å². The van der Waals surface area contributed by atoms with Gasteiger partial charge in [0.05, 0.1) is 5.92 Å². The number of rotatable bonds is 1. The fraction of sp³-hybridized carbons (Fsp3) is 0.500. The van der Waals surface area contributed by atoms with E-state index in [-0.39, 0.29) is 18.1 Å². The molecule has 1 aliphatic rings. The molecule has 1 aromatic rings. The van der Waals surface area contributed by atoms with Crippen LogP contribution in [0.15, 0.2) is 24.3 Å². The summed E-state index contributed by atoms with van der Waals surface area (Å²) in [6, 6.07) is 5.84. The van der Waals surface area contributed by atoms with Crippen LogP contribution < -0.4 is 0 Å². The van der Waals surface area contributed by atoms with Gasteiger partial charge in [0.15, 0.2) is 0 Å². The van der Waals surface area contributed by atoms with E-state index in [0.29, 0.717) is 13.0 Å². The fourth-order valence-corrected chi connectivity index (χ4v) is 2.31. The molecule has 1 fully saturated rings. The number of ether oxygens (including phenoxy) is 1. The predicted octanol–water partition coefficient (Wildman–Crippen LogP) is 3.12. The van der Waals surface area contributed by atoms with Crippen molar-refractivity contribution in [3.63, 3.8) is 0 Å². The first-order valence-corrected chi connectivity index (χ1v) is 7.02. The smallest absolute Gasteiger partial charge is 0.410 e. The minimum atomic E-state index is -0.566.